The molecule has 0 aliphatic carbocycles. The molecule has 0 rings (SSSR count). The third-order valence-electron chi connectivity index (χ3n) is 1.65. The fourth-order valence-electron chi connectivity index (χ4n) is 0.881. The monoisotopic (exact) mass is 236 g/mol. The summed E-state index contributed by atoms with van der Waals surface area (Å²) < 4.78 is 0. The molecule has 0 radical (unpaired) electrons. The normalized spacial score (nSPS) is 11.1. The Morgan fingerprint density at radius 2 is 2.20 bits per heavy atom. The van der Waals surface area contributed by atoms with E-state index in [2.05, 4.69) is 31.6 Å². The number of carboxylic acid groups (broad SMARTS) is 1. The van der Waals surface area contributed by atoms with Gasteiger partial charge in [0.1, 0.15) is 12.8 Å². The maximum Gasteiger partial charge on any atom is 0.321 e. The fourth-order valence-corrected chi connectivity index (χ4v) is 1.17. The summed E-state index contributed by atoms with van der Waals surface area (Å²) in [4.78, 5) is 10.5. The molecule has 0 amide bonds. The third kappa shape index (κ3) is 13.2. The van der Waals surface area contributed by atoms with E-state index in [1.807, 2.05) is 0 Å². The zero-order valence-electron chi connectivity index (χ0n) is 9.03. The molecule has 0 aromatic rings. The molecule has 0 saturated heterocycles. The van der Waals surface area contributed by atoms with Gasteiger partial charge in [0, 0.05) is 5.75 Å². The number of hydrogen-bond donors (Lipinski definition) is 4. The molecule has 5 nitrogen and oxygen atoms in total. The third-order valence-corrected chi connectivity index (χ3v) is 2.02. The summed E-state index contributed by atoms with van der Waals surface area (Å²) in [6.07, 6.45) is 3.33. The smallest absolute Gasteiger partial charge is 0.321 e. The van der Waals surface area contributed by atoms with E-state index in [0.717, 1.165) is 25.8 Å². The van der Waals surface area contributed by atoms with Gasteiger partial charge in [-0.2, -0.15) is 12.6 Å². The molecular weight excluding hydrogens is 216 g/mol. The molecular formula is C9H20N2O3S. The summed E-state index contributed by atoms with van der Waals surface area (Å²) in [5, 5.41) is 21.4. The van der Waals surface area contributed by atoms with Crippen molar-refractivity contribution in [1.29, 1.82) is 0 Å². The van der Waals surface area contributed by atoms with Gasteiger partial charge in [-0.15, -0.1) is 0 Å². The topological polar surface area (TPSA) is 86.4 Å². The van der Waals surface area contributed by atoms with Gasteiger partial charge in [0.2, 0.25) is 0 Å². The van der Waals surface area contributed by atoms with E-state index in [1.54, 1.807) is 0 Å². The van der Waals surface area contributed by atoms with Crippen molar-refractivity contribution in [2.45, 2.75) is 32.2 Å². The Balaban J connectivity index is 0. The Morgan fingerprint density at radius 1 is 1.67 bits per heavy atom. The van der Waals surface area contributed by atoms with Gasteiger partial charge in [-0.3, -0.25) is 4.79 Å². The van der Waals surface area contributed by atoms with E-state index in [-0.39, 0.29) is 0 Å². The van der Waals surface area contributed by atoms with Crippen molar-refractivity contribution in [3.8, 4) is 0 Å². The van der Waals surface area contributed by atoms with Crippen LogP contribution in [0.3, 0.4) is 0 Å². The van der Waals surface area contributed by atoms with Gasteiger partial charge in [0.25, 0.3) is 0 Å². The van der Waals surface area contributed by atoms with Gasteiger partial charge in [-0.05, 0) is 13.0 Å². The van der Waals surface area contributed by atoms with Gasteiger partial charge in [0.15, 0.2) is 0 Å². The molecule has 0 aliphatic rings. The molecule has 0 fully saturated rings. The van der Waals surface area contributed by atoms with Crippen molar-refractivity contribution in [2.24, 2.45) is 0 Å². The molecule has 90 valence electrons. The first-order valence-corrected chi connectivity index (χ1v) is 5.48. The molecule has 1 atom stereocenters. The van der Waals surface area contributed by atoms with Crippen LogP contribution in [0, 0.1) is 5.21 Å². The summed E-state index contributed by atoms with van der Waals surface area (Å²) in [5.74, 6) is -0.469. The molecule has 0 spiro atoms. The highest BCUT2D eigenvalue weighted by molar-refractivity contribution is 7.80. The predicted octanol–water partition coefficient (Wildman–Crippen LogP) is -0.585. The first-order valence-electron chi connectivity index (χ1n) is 4.85. The van der Waals surface area contributed by atoms with E-state index < -0.39 is 12.0 Å². The van der Waals surface area contributed by atoms with E-state index in [4.69, 9.17) is 10.3 Å². The number of aliphatic carboxylic acids is 1. The fraction of sp³-hybridized carbons (Fsp3) is 0.778. The number of carbonyl (C=O) groups is 1. The Hall–Kier alpha value is -0.750. The Morgan fingerprint density at radius 3 is 2.53 bits per heavy atom. The second-order valence-electron chi connectivity index (χ2n) is 2.88. The van der Waals surface area contributed by atoms with Crippen LogP contribution in [0.15, 0.2) is 0 Å². The molecule has 0 aliphatic heterocycles. The standard InChI is InChI=1S/C8H17NO2S.CH3NO/c1-2-3-4-5-9-7(6-12)8(10)11;1-2-3/h7,9,12H,2-6H2,1H3,(H,10,11);2H,1H2/t7-;/m0./s1. The van der Waals surface area contributed by atoms with Crippen molar-refractivity contribution in [2.75, 3.05) is 12.3 Å². The van der Waals surface area contributed by atoms with Crippen molar-refractivity contribution in [1.82, 2.24) is 5.32 Å². The zero-order chi connectivity index (χ0) is 12.1. The predicted molar refractivity (Wildman–Crippen MR) is 64.3 cm³/mol. The van der Waals surface area contributed by atoms with Crippen LogP contribution in [0.5, 0.6) is 0 Å². The van der Waals surface area contributed by atoms with Gasteiger partial charge in [-0.1, -0.05) is 19.8 Å². The average Bonchev–Trinajstić information content (AvgIpc) is 2.18. The second kappa shape index (κ2) is 13.2. The van der Waals surface area contributed by atoms with Gasteiger partial charge in [0.05, 0.1) is 0 Å². The Kier molecular flexibility index (Phi) is 14.7. The highest BCUT2D eigenvalue weighted by atomic mass is 32.1. The zero-order valence-corrected chi connectivity index (χ0v) is 9.93. The molecule has 0 aromatic carbocycles. The lowest BCUT2D eigenvalue weighted by molar-refractivity contribution is -0.361. The highest BCUT2D eigenvalue weighted by Gasteiger charge is 2.12. The largest absolute Gasteiger partial charge is 0.626 e. The van der Waals surface area contributed by atoms with E-state index >= 15 is 0 Å². The lowest BCUT2D eigenvalue weighted by atomic mass is 10.2. The Bertz CT molecular complexity index is 167. The maximum atomic E-state index is 10.5. The van der Waals surface area contributed by atoms with Crippen molar-refractivity contribution >= 4 is 25.3 Å². The molecule has 0 aromatic heterocycles. The lowest BCUT2D eigenvalue weighted by Gasteiger charge is -2.10. The minimum absolute atomic E-state index is 0.349. The number of nitrogens with one attached hydrogen (secondary N) is 2. The van der Waals surface area contributed by atoms with E-state index in [0.29, 0.717) is 5.75 Å². The van der Waals surface area contributed by atoms with Crippen molar-refractivity contribution < 1.29 is 15.1 Å². The van der Waals surface area contributed by atoms with Crippen LogP contribution in [0.1, 0.15) is 26.2 Å². The molecule has 0 heterocycles. The summed E-state index contributed by atoms with van der Waals surface area (Å²) in [5.41, 5.74) is 0. The van der Waals surface area contributed by atoms with Crippen LogP contribution in [0.2, 0.25) is 0 Å². The first-order chi connectivity index (χ1) is 7.13. The molecule has 0 unspecified atom stereocenters. The molecule has 0 saturated carbocycles. The van der Waals surface area contributed by atoms with Crippen LogP contribution < -0.4 is 10.5 Å². The van der Waals surface area contributed by atoms with Crippen molar-refractivity contribution in [3.05, 3.63) is 5.21 Å². The number of rotatable bonds is 7. The first kappa shape index (κ1) is 16.7. The van der Waals surface area contributed by atoms with Crippen LogP contribution in [-0.2, 0) is 4.79 Å². The quantitative estimate of drug-likeness (QED) is 0.156. The van der Waals surface area contributed by atoms with E-state index in [9.17, 15) is 4.79 Å². The Labute approximate surface area is 96.0 Å². The van der Waals surface area contributed by atoms with Crippen LogP contribution in [0.4, 0.5) is 0 Å². The molecule has 3 N–H and O–H groups in total. The van der Waals surface area contributed by atoms with Gasteiger partial charge < -0.3 is 15.6 Å². The second-order valence-corrected chi connectivity index (χ2v) is 3.24. The molecule has 0 bridgehead atoms. The lowest BCUT2D eigenvalue weighted by Crippen LogP contribution is -2.56. The summed E-state index contributed by atoms with van der Waals surface area (Å²) in [6.45, 7) is 5.57. The SMILES string of the molecule is C=[NH+][O-].CCCCCN[C@@H](CS)C(=O)O. The summed E-state index contributed by atoms with van der Waals surface area (Å²) in [6, 6.07) is -0.495. The van der Waals surface area contributed by atoms with Crippen LogP contribution >= 0.6 is 12.6 Å². The average molecular weight is 236 g/mol. The minimum Gasteiger partial charge on any atom is -0.626 e. The number of thiol groups is 1. The van der Waals surface area contributed by atoms with E-state index in [1.165, 1.54) is 5.16 Å². The van der Waals surface area contributed by atoms with Crippen LogP contribution in [-0.4, -0.2) is 36.1 Å². The highest BCUT2D eigenvalue weighted by Crippen LogP contribution is 1.93. The van der Waals surface area contributed by atoms with Crippen molar-refractivity contribution in [3.63, 3.8) is 0 Å². The maximum absolute atomic E-state index is 10.5. The minimum atomic E-state index is -0.818. The number of carboxylic acids is 1. The van der Waals surface area contributed by atoms with Gasteiger partial charge >= 0.3 is 5.97 Å². The molecule has 15 heavy (non-hydrogen) atoms. The van der Waals surface area contributed by atoms with Gasteiger partial charge in [-0.25, -0.2) is 5.16 Å². The number of unbranched alkanes of at least 4 members (excludes halogenated alkanes) is 2. The molecule has 6 heteroatoms. The number of hydrogen-bond acceptors (Lipinski definition) is 4. The summed E-state index contributed by atoms with van der Waals surface area (Å²) in [7, 11) is 0. The van der Waals surface area contributed by atoms with Crippen LogP contribution in [0.25, 0.3) is 0 Å². The summed E-state index contributed by atoms with van der Waals surface area (Å²) >= 11 is 3.94.